The second-order valence-corrected chi connectivity index (χ2v) is 18.2. The van der Waals surface area contributed by atoms with Gasteiger partial charge in [0.05, 0.1) is 62.3 Å². The molecule has 0 bridgehead atoms. The van der Waals surface area contributed by atoms with Crippen LogP contribution < -0.4 is 0 Å². The topological polar surface area (TPSA) is 82.4 Å². The molecule has 0 atom stereocenters. The van der Waals surface area contributed by atoms with E-state index in [0.29, 0.717) is 28.3 Å². The van der Waals surface area contributed by atoms with Crippen LogP contribution >= 0.6 is 0 Å². The second-order valence-electron chi connectivity index (χ2n) is 18.2. The monoisotopic (exact) mass is 893 g/mol. The molecule has 10 aromatic carbocycles. The molecule has 70 heavy (non-hydrogen) atoms. The van der Waals surface area contributed by atoms with Gasteiger partial charge in [0.25, 0.3) is 0 Å². The van der Waals surface area contributed by atoms with E-state index in [1.54, 1.807) is 0 Å². The van der Waals surface area contributed by atoms with Crippen LogP contribution in [0.15, 0.2) is 201 Å². The van der Waals surface area contributed by atoms with Gasteiger partial charge in [0, 0.05) is 64.6 Å². The van der Waals surface area contributed by atoms with Crippen LogP contribution in [0.4, 0.5) is 5.69 Å². The predicted octanol–water partition coefficient (Wildman–Crippen LogP) is 17.1. The van der Waals surface area contributed by atoms with E-state index < -0.39 is 0 Å². The van der Waals surface area contributed by atoms with Gasteiger partial charge in [0.15, 0.2) is 0 Å². The molecule has 0 aliphatic rings. The molecule has 0 amide bonds. The smallest absolute Gasteiger partial charge is 0.235 e. The molecule has 8 heteroatoms. The number of nitrogens with zero attached hydrogens (tertiary/aromatic N) is 5. The van der Waals surface area contributed by atoms with Gasteiger partial charge in [0.2, 0.25) is 5.69 Å². The van der Waals surface area contributed by atoms with Crippen molar-refractivity contribution in [2.24, 2.45) is 0 Å². The third-order valence-corrected chi connectivity index (χ3v) is 14.7. The van der Waals surface area contributed by atoms with Gasteiger partial charge < -0.3 is 27.0 Å². The molecule has 0 saturated carbocycles. The van der Waals surface area contributed by atoms with E-state index in [2.05, 4.69) is 134 Å². The molecule has 0 radical (unpaired) electrons. The molecule has 0 unspecified atom stereocenters. The van der Waals surface area contributed by atoms with Crippen molar-refractivity contribution >= 4 is 137 Å². The summed E-state index contributed by atoms with van der Waals surface area (Å²) >= 11 is 0. The van der Waals surface area contributed by atoms with Crippen molar-refractivity contribution in [1.29, 1.82) is 5.26 Å². The van der Waals surface area contributed by atoms with Gasteiger partial charge in [-0.3, -0.25) is 0 Å². The first-order valence-corrected chi connectivity index (χ1v) is 23.2. The highest BCUT2D eigenvalue weighted by Gasteiger charge is 2.30. The van der Waals surface area contributed by atoms with Crippen molar-refractivity contribution in [2.75, 3.05) is 0 Å². The Balaban J connectivity index is 1.13. The van der Waals surface area contributed by atoms with Gasteiger partial charge in [-0.25, -0.2) is 4.85 Å². The third kappa shape index (κ3) is 4.71. The Morgan fingerprint density at radius 2 is 0.700 bits per heavy atom. The summed E-state index contributed by atoms with van der Waals surface area (Å²) in [5, 5.41) is 23.8. The van der Waals surface area contributed by atoms with Gasteiger partial charge >= 0.3 is 0 Å². The summed E-state index contributed by atoms with van der Waals surface area (Å²) in [5.41, 5.74) is 12.6. The molecule has 0 aliphatic heterocycles. The highest BCUT2D eigenvalue weighted by molar-refractivity contribution is 6.21. The number of hydrogen-bond acceptors (Lipinski definition) is 4. The normalized spacial score (nSPS) is 12.3. The zero-order valence-corrected chi connectivity index (χ0v) is 36.9. The van der Waals surface area contributed by atoms with Crippen molar-refractivity contribution in [3.8, 4) is 23.1 Å². The van der Waals surface area contributed by atoms with Gasteiger partial charge in [0.1, 0.15) is 39.6 Å². The van der Waals surface area contributed by atoms with Crippen LogP contribution in [0.25, 0.3) is 153 Å². The van der Waals surface area contributed by atoms with Gasteiger partial charge in [-0.05, 0) is 78.9 Å². The van der Waals surface area contributed by atoms with E-state index in [9.17, 15) is 11.8 Å². The average molecular weight is 894 g/mol. The van der Waals surface area contributed by atoms with Crippen LogP contribution in [0, 0.1) is 17.9 Å². The maximum atomic E-state index is 12.0. The number of aromatic nitrogens is 3. The van der Waals surface area contributed by atoms with Crippen LogP contribution in [0.3, 0.4) is 0 Å². The lowest BCUT2D eigenvalue weighted by Gasteiger charge is -2.21. The molecule has 0 N–H and O–H groups in total. The van der Waals surface area contributed by atoms with Gasteiger partial charge in [-0.15, -0.1) is 0 Å². The van der Waals surface area contributed by atoms with E-state index >= 15 is 0 Å². The summed E-state index contributed by atoms with van der Waals surface area (Å²) in [6.07, 6.45) is 0. The van der Waals surface area contributed by atoms with Crippen LogP contribution in [0.1, 0.15) is 5.56 Å². The SMILES string of the molecule is [C-]#[N+]c1c(-n2c3ccccc3c3cc4oc5ccccc5c4cc32)cc(-n2c3ccccc3c3cc4oc5ccccc5c4cc32)c(C#N)c1-n1c2ccccc2c2cc3oc4ccccc4c3cc21. The molecule has 0 spiro atoms. The van der Waals surface area contributed by atoms with Crippen LogP contribution in [0.5, 0.6) is 0 Å². The van der Waals surface area contributed by atoms with E-state index in [4.69, 9.17) is 13.3 Å². The lowest BCUT2D eigenvalue weighted by molar-refractivity contribution is 0.669. The molecule has 0 fully saturated rings. The molecular weight excluding hydrogens is 863 g/mol. The molecule has 6 heterocycles. The first-order chi connectivity index (χ1) is 34.6. The predicted molar refractivity (Wildman–Crippen MR) is 282 cm³/mol. The zero-order valence-electron chi connectivity index (χ0n) is 36.9. The average Bonchev–Trinajstić information content (AvgIpc) is 4.25. The first kappa shape index (κ1) is 37.1. The molecule has 8 nitrogen and oxygen atoms in total. The minimum Gasteiger partial charge on any atom is -0.456 e. The Morgan fingerprint density at radius 3 is 1.11 bits per heavy atom. The summed E-state index contributed by atoms with van der Waals surface area (Å²) in [7, 11) is 0. The van der Waals surface area contributed by atoms with E-state index in [1.165, 1.54) is 0 Å². The fourth-order valence-corrected chi connectivity index (χ4v) is 11.7. The van der Waals surface area contributed by atoms with Crippen molar-refractivity contribution in [3.05, 3.63) is 205 Å². The van der Waals surface area contributed by atoms with Crippen molar-refractivity contribution in [2.45, 2.75) is 0 Å². The fraction of sp³-hybridized carbons (Fsp3) is 0. The van der Waals surface area contributed by atoms with Crippen LogP contribution in [0.2, 0.25) is 0 Å². The maximum absolute atomic E-state index is 12.0. The third-order valence-electron chi connectivity index (χ3n) is 14.7. The Bertz CT molecular complexity index is 4890. The number of furan rings is 3. The number of nitriles is 1. The van der Waals surface area contributed by atoms with Crippen LogP contribution in [-0.4, -0.2) is 13.7 Å². The fourth-order valence-electron chi connectivity index (χ4n) is 11.7. The summed E-state index contributed by atoms with van der Waals surface area (Å²) in [5.74, 6) is 0. The summed E-state index contributed by atoms with van der Waals surface area (Å²) < 4.78 is 26.1. The summed E-state index contributed by atoms with van der Waals surface area (Å²) in [6.45, 7) is 9.36. The molecule has 0 saturated heterocycles. The second kappa shape index (κ2) is 13.3. The molecular formula is C62H31N5O3. The minimum absolute atomic E-state index is 0.337. The van der Waals surface area contributed by atoms with E-state index in [1.807, 2.05) is 78.9 Å². The number of rotatable bonds is 3. The number of fused-ring (bicyclic) bond motifs is 18. The Morgan fingerprint density at radius 1 is 0.343 bits per heavy atom. The van der Waals surface area contributed by atoms with E-state index in [0.717, 1.165) is 131 Å². The van der Waals surface area contributed by atoms with Crippen molar-refractivity contribution < 1.29 is 13.3 Å². The number of hydrogen-bond donors (Lipinski definition) is 0. The molecule has 322 valence electrons. The number of para-hydroxylation sites is 6. The zero-order chi connectivity index (χ0) is 45.9. The molecule has 0 aliphatic carbocycles. The van der Waals surface area contributed by atoms with Crippen LogP contribution in [-0.2, 0) is 0 Å². The standard InChI is InChI=1S/C62H31N5O3/c1-64-61-54(66-48-21-9-3-15-35(48)41-30-59-44(27-51(41)66)38-18-6-12-24-56(38)69-59)32-53(65-47-20-8-2-14-34(47)40-29-58-43(26-50(40)65)37-17-5-11-23-55(37)68-58)46(33-63)62(61)67-49-22-10-4-16-36(49)42-31-60-45(28-52(42)67)39-19-7-13-25-57(39)70-60/h2-32H. The minimum atomic E-state index is 0.337. The molecule has 16 aromatic rings. The lowest BCUT2D eigenvalue weighted by atomic mass is 10.0. The Hall–Kier alpha value is -10.0. The molecule has 6 aromatic heterocycles. The van der Waals surface area contributed by atoms with Crippen molar-refractivity contribution in [1.82, 2.24) is 13.7 Å². The Labute approximate surface area is 395 Å². The molecule has 16 rings (SSSR count). The first-order valence-electron chi connectivity index (χ1n) is 23.2. The van der Waals surface area contributed by atoms with E-state index in [-0.39, 0.29) is 0 Å². The lowest BCUT2D eigenvalue weighted by Crippen LogP contribution is -2.08. The maximum Gasteiger partial charge on any atom is 0.235 e. The highest BCUT2D eigenvalue weighted by atomic mass is 16.3. The summed E-state index contributed by atoms with van der Waals surface area (Å²) in [6, 6.07) is 67.0. The number of benzene rings is 10. The van der Waals surface area contributed by atoms with Gasteiger partial charge in [-0.1, -0.05) is 109 Å². The largest absolute Gasteiger partial charge is 0.456 e. The Kier molecular flexibility index (Phi) is 7.06. The summed E-state index contributed by atoms with van der Waals surface area (Å²) in [4.78, 5) is 4.54. The van der Waals surface area contributed by atoms with Crippen molar-refractivity contribution in [3.63, 3.8) is 0 Å². The highest BCUT2D eigenvalue weighted by Crippen LogP contribution is 2.49. The van der Waals surface area contributed by atoms with Gasteiger partial charge in [-0.2, -0.15) is 5.26 Å². The quantitative estimate of drug-likeness (QED) is 0.165.